The second-order valence-corrected chi connectivity index (χ2v) is 5.74. The minimum absolute atomic E-state index is 0.0175. The smallest absolute Gasteiger partial charge is 0.406 e. The molecule has 1 heterocycles. The first-order valence-electron chi connectivity index (χ1n) is 7.56. The summed E-state index contributed by atoms with van der Waals surface area (Å²) in [5, 5.41) is 15.3. The van der Waals surface area contributed by atoms with E-state index in [1.165, 1.54) is 9.36 Å². The number of hydrogen-bond donors (Lipinski definition) is 1. The van der Waals surface area contributed by atoms with Crippen LogP contribution >= 0.6 is 0 Å². The lowest BCUT2D eigenvalue weighted by molar-refractivity contribution is -0.734. The molecule has 6 nitrogen and oxygen atoms in total. The number of nitrogens with one attached hydrogen (secondary N) is 1. The Hall–Kier alpha value is -3.15. The second kappa shape index (κ2) is 6.16. The van der Waals surface area contributed by atoms with Gasteiger partial charge in [-0.15, -0.1) is 0 Å². The zero-order valence-electron chi connectivity index (χ0n) is 13.8. The van der Waals surface area contributed by atoms with E-state index in [-0.39, 0.29) is 5.69 Å². The summed E-state index contributed by atoms with van der Waals surface area (Å²) in [4.78, 5) is 16.6. The van der Waals surface area contributed by atoms with E-state index in [2.05, 4.69) is 10.2 Å². The third-order valence-electron chi connectivity index (χ3n) is 3.75. The lowest BCUT2D eigenvalue weighted by Gasteiger charge is -2.05. The van der Waals surface area contributed by atoms with E-state index in [4.69, 9.17) is 0 Å². The van der Waals surface area contributed by atoms with E-state index < -0.39 is 11.5 Å². The SMILES string of the molecule is Cc1ccc(N=C([O-])c2c(=O)n(-c3ccc(C)cc3)[nH][n+]2C)cc1. The Bertz CT molecular complexity index is 948. The van der Waals surface area contributed by atoms with Gasteiger partial charge in [0.15, 0.2) is 5.69 Å². The van der Waals surface area contributed by atoms with Crippen molar-refractivity contribution in [2.24, 2.45) is 12.0 Å². The van der Waals surface area contributed by atoms with E-state index in [0.29, 0.717) is 11.4 Å². The normalized spacial score (nSPS) is 11.7. The van der Waals surface area contributed by atoms with Gasteiger partial charge in [-0.1, -0.05) is 45.3 Å². The lowest BCUT2D eigenvalue weighted by Crippen LogP contribution is -2.43. The van der Waals surface area contributed by atoms with Crippen LogP contribution in [0.25, 0.3) is 5.69 Å². The summed E-state index contributed by atoms with van der Waals surface area (Å²) in [6, 6.07) is 14.7. The highest BCUT2D eigenvalue weighted by Crippen LogP contribution is 2.12. The van der Waals surface area contributed by atoms with Crippen molar-refractivity contribution in [3.63, 3.8) is 0 Å². The van der Waals surface area contributed by atoms with Gasteiger partial charge in [0.2, 0.25) is 5.69 Å². The number of benzene rings is 2. The molecular weight excluding hydrogens is 304 g/mol. The van der Waals surface area contributed by atoms with Crippen molar-refractivity contribution in [3.05, 3.63) is 75.7 Å². The van der Waals surface area contributed by atoms with Gasteiger partial charge < -0.3 is 5.11 Å². The fraction of sp³-hybridized carbons (Fsp3) is 0.167. The summed E-state index contributed by atoms with van der Waals surface area (Å²) in [6.07, 6.45) is 0. The van der Waals surface area contributed by atoms with Crippen molar-refractivity contribution in [2.75, 3.05) is 0 Å². The van der Waals surface area contributed by atoms with Crippen molar-refractivity contribution in [1.82, 2.24) is 9.90 Å². The Balaban J connectivity index is 2.04. The molecule has 0 bridgehead atoms. The number of aromatic nitrogens is 3. The first-order valence-corrected chi connectivity index (χ1v) is 7.56. The molecule has 0 atom stereocenters. The predicted molar refractivity (Wildman–Crippen MR) is 89.7 cm³/mol. The average molecular weight is 322 g/mol. The fourth-order valence-electron chi connectivity index (χ4n) is 2.39. The lowest BCUT2D eigenvalue weighted by atomic mass is 10.2. The van der Waals surface area contributed by atoms with Gasteiger partial charge >= 0.3 is 5.56 Å². The molecule has 0 radical (unpaired) electrons. The molecule has 2 aromatic carbocycles. The Morgan fingerprint density at radius 2 is 1.58 bits per heavy atom. The van der Waals surface area contributed by atoms with Crippen molar-refractivity contribution >= 4 is 11.6 Å². The van der Waals surface area contributed by atoms with E-state index in [1.807, 2.05) is 50.2 Å². The van der Waals surface area contributed by atoms with Crippen LogP contribution in [0.15, 0.2) is 58.3 Å². The highest BCUT2D eigenvalue weighted by Gasteiger charge is 2.20. The summed E-state index contributed by atoms with van der Waals surface area (Å²) >= 11 is 0. The van der Waals surface area contributed by atoms with Crippen LogP contribution in [0.2, 0.25) is 0 Å². The summed E-state index contributed by atoms with van der Waals surface area (Å²) < 4.78 is 2.72. The monoisotopic (exact) mass is 322 g/mol. The van der Waals surface area contributed by atoms with Gasteiger partial charge in [-0.3, -0.25) is 4.99 Å². The Morgan fingerprint density at radius 3 is 2.17 bits per heavy atom. The topological polar surface area (TPSA) is 77.1 Å². The van der Waals surface area contributed by atoms with Crippen LogP contribution in [0.4, 0.5) is 5.69 Å². The molecule has 0 fully saturated rings. The largest absolute Gasteiger partial charge is 0.855 e. The van der Waals surface area contributed by atoms with Gasteiger partial charge in [0.1, 0.15) is 7.05 Å². The zero-order valence-corrected chi connectivity index (χ0v) is 13.8. The molecule has 0 saturated carbocycles. The summed E-state index contributed by atoms with van der Waals surface area (Å²) in [5.74, 6) is -0.575. The van der Waals surface area contributed by atoms with Gasteiger partial charge in [0, 0.05) is 5.90 Å². The van der Waals surface area contributed by atoms with E-state index in [1.54, 1.807) is 19.2 Å². The van der Waals surface area contributed by atoms with Crippen LogP contribution in [-0.2, 0) is 7.05 Å². The van der Waals surface area contributed by atoms with Crippen LogP contribution in [0.3, 0.4) is 0 Å². The number of H-pyrrole nitrogens is 1. The van der Waals surface area contributed by atoms with Crippen LogP contribution in [0.5, 0.6) is 0 Å². The van der Waals surface area contributed by atoms with Gasteiger partial charge in [-0.05, 0) is 38.1 Å². The summed E-state index contributed by atoms with van der Waals surface area (Å²) in [5.41, 5.74) is 2.91. The molecule has 0 aliphatic carbocycles. The number of nitrogens with zero attached hydrogens (tertiary/aromatic N) is 3. The van der Waals surface area contributed by atoms with Crippen LogP contribution in [0.1, 0.15) is 16.8 Å². The standard InChI is InChI=1S/C18H18N4O2/c1-12-4-8-14(9-5-12)19-17(23)16-18(24)22(20-21(16)3)15-10-6-13(2)7-11-15/h4-11H,1-3H3,(H-,19,20,23,24). The molecule has 3 rings (SSSR count). The van der Waals surface area contributed by atoms with Crippen molar-refractivity contribution in [2.45, 2.75) is 13.8 Å². The quantitative estimate of drug-likeness (QED) is 0.444. The van der Waals surface area contributed by atoms with E-state index >= 15 is 0 Å². The minimum atomic E-state index is -0.575. The maximum atomic E-state index is 12.6. The maximum Gasteiger partial charge on any atom is 0.406 e. The zero-order chi connectivity index (χ0) is 17.3. The maximum absolute atomic E-state index is 12.6. The molecule has 0 amide bonds. The Morgan fingerprint density at radius 1 is 1.04 bits per heavy atom. The predicted octanol–water partition coefficient (Wildman–Crippen LogP) is 1.05. The minimum Gasteiger partial charge on any atom is -0.855 e. The molecule has 1 aromatic heterocycles. The van der Waals surface area contributed by atoms with Crippen LogP contribution < -0.4 is 15.3 Å². The Kier molecular flexibility index (Phi) is 4.04. The molecule has 0 aliphatic heterocycles. The summed E-state index contributed by atoms with van der Waals surface area (Å²) in [6.45, 7) is 3.93. The molecule has 1 N–H and O–H groups in total. The highest BCUT2D eigenvalue weighted by molar-refractivity contribution is 5.88. The molecule has 3 aromatic rings. The van der Waals surface area contributed by atoms with Crippen molar-refractivity contribution < 1.29 is 9.79 Å². The molecule has 0 spiro atoms. The number of aliphatic imine (C=N–C) groups is 1. The van der Waals surface area contributed by atoms with Gasteiger partial charge in [-0.2, -0.15) is 4.68 Å². The van der Waals surface area contributed by atoms with Gasteiger partial charge in [0.05, 0.1) is 5.69 Å². The molecule has 122 valence electrons. The van der Waals surface area contributed by atoms with Gasteiger partial charge in [0.25, 0.3) is 0 Å². The van der Waals surface area contributed by atoms with Gasteiger partial charge in [-0.25, -0.2) is 4.79 Å². The average Bonchev–Trinajstić information content (AvgIpc) is 2.85. The van der Waals surface area contributed by atoms with Crippen LogP contribution in [-0.4, -0.2) is 15.8 Å². The third-order valence-corrected chi connectivity index (χ3v) is 3.75. The molecule has 0 saturated heterocycles. The van der Waals surface area contributed by atoms with Crippen LogP contribution in [0, 0.1) is 13.8 Å². The number of hydrogen-bond acceptors (Lipinski definition) is 3. The number of aryl methyl sites for hydroxylation is 3. The molecular formula is C18H18N4O2. The molecule has 0 unspecified atom stereocenters. The fourth-order valence-corrected chi connectivity index (χ4v) is 2.39. The van der Waals surface area contributed by atoms with E-state index in [9.17, 15) is 9.90 Å². The van der Waals surface area contributed by atoms with E-state index in [0.717, 1.165) is 11.1 Å². The number of rotatable bonds is 3. The molecule has 0 aliphatic rings. The number of aromatic amines is 1. The highest BCUT2D eigenvalue weighted by atomic mass is 16.3. The molecule has 24 heavy (non-hydrogen) atoms. The molecule has 6 heteroatoms. The second-order valence-electron chi connectivity index (χ2n) is 5.74. The third kappa shape index (κ3) is 2.99. The first-order chi connectivity index (χ1) is 11.5. The first kappa shape index (κ1) is 15.7. The summed E-state index contributed by atoms with van der Waals surface area (Å²) in [7, 11) is 1.62. The Labute approximate surface area is 139 Å². The van der Waals surface area contributed by atoms with Crippen molar-refractivity contribution in [1.29, 1.82) is 0 Å². The van der Waals surface area contributed by atoms with Crippen molar-refractivity contribution in [3.8, 4) is 5.69 Å².